The lowest BCUT2D eigenvalue weighted by molar-refractivity contribution is -0.385. The molecular weight excluding hydrogens is 258 g/mol. The second kappa shape index (κ2) is 5.12. The monoisotopic (exact) mass is 271 g/mol. The number of rotatable bonds is 3. The van der Waals surface area contributed by atoms with Crippen molar-refractivity contribution in [1.29, 1.82) is 0 Å². The van der Waals surface area contributed by atoms with Gasteiger partial charge in [-0.1, -0.05) is 0 Å². The maximum absolute atomic E-state index is 10.5. The number of aryl methyl sites for hydroxylation is 1. The zero-order valence-electron chi connectivity index (χ0n) is 10.7. The predicted molar refractivity (Wildman–Crippen MR) is 75.2 cm³/mol. The van der Waals surface area contributed by atoms with Crippen LogP contribution in [0.4, 0.5) is 23.0 Å². The molecule has 0 aliphatic carbocycles. The van der Waals surface area contributed by atoms with E-state index in [9.17, 15) is 10.1 Å². The van der Waals surface area contributed by atoms with Gasteiger partial charge < -0.3 is 10.6 Å². The Hall–Kier alpha value is -2.70. The van der Waals surface area contributed by atoms with E-state index in [1.165, 1.54) is 18.0 Å². The van der Waals surface area contributed by atoms with E-state index in [4.69, 9.17) is 0 Å². The Kier molecular flexibility index (Phi) is 3.16. The molecule has 1 aromatic carbocycles. The van der Waals surface area contributed by atoms with E-state index >= 15 is 0 Å². The van der Waals surface area contributed by atoms with Gasteiger partial charge in [-0.25, -0.2) is 9.97 Å². The third-order valence-corrected chi connectivity index (χ3v) is 3.15. The summed E-state index contributed by atoms with van der Waals surface area (Å²) in [4.78, 5) is 17.9. The fraction of sp³-hybridized carbons (Fsp3) is 0.231. The number of fused-ring (bicyclic) bond motifs is 1. The highest BCUT2D eigenvalue weighted by atomic mass is 16.6. The molecule has 102 valence electrons. The van der Waals surface area contributed by atoms with Gasteiger partial charge in [0.05, 0.1) is 4.92 Å². The molecule has 20 heavy (non-hydrogen) atoms. The van der Waals surface area contributed by atoms with Crippen LogP contribution in [0.5, 0.6) is 0 Å². The molecule has 0 bridgehead atoms. The molecule has 3 rings (SSSR count). The van der Waals surface area contributed by atoms with E-state index in [0.29, 0.717) is 5.95 Å². The summed E-state index contributed by atoms with van der Waals surface area (Å²) < 4.78 is 0. The summed E-state index contributed by atoms with van der Waals surface area (Å²) in [6.45, 7) is 1.01. The SMILES string of the molecule is O=[N+]([O-])c1cnc(Nc2ccc3c(c2)CCCN3)nc1. The normalized spacial score (nSPS) is 13.2. The van der Waals surface area contributed by atoms with Crippen molar-refractivity contribution in [3.8, 4) is 0 Å². The van der Waals surface area contributed by atoms with Crippen LogP contribution in [0.15, 0.2) is 30.6 Å². The lowest BCUT2D eigenvalue weighted by Gasteiger charge is -2.18. The fourth-order valence-corrected chi connectivity index (χ4v) is 2.16. The van der Waals surface area contributed by atoms with E-state index in [1.807, 2.05) is 18.2 Å². The molecule has 1 aliphatic heterocycles. The maximum atomic E-state index is 10.5. The zero-order chi connectivity index (χ0) is 13.9. The average Bonchev–Trinajstić information content (AvgIpc) is 2.48. The first-order chi connectivity index (χ1) is 9.72. The van der Waals surface area contributed by atoms with Crippen LogP contribution in [-0.4, -0.2) is 21.4 Å². The Balaban J connectivity index is 1.78. The minimum absolute atomic E-state index is 0.120. The number of benzene rings is 1. The van der Waals surface area contributed by atoms with Crippen molar-refractivity contribution in [2.75, 3.05) is 17.2 Å². The van der Waals surface area contributed by atoms with Crippen LogP contribution in [0.3, 0.4) is 0 Å². The van der Waals surface area contributed by atoms with Crippen molar-refractivity contribution in [2.24, 2.45) is 0 Å². The van der Waals surface area contributed by atoms with E-state index in [2.05, 4.69) is 20.6 Å². The van der Waals surface area contributed by atoms with Crippen molar-refractivity contribution in [2.45, 2.75) is 12.8 Å². The van der Waals surface area contributed by atoms with Crippen molar-refractivity contribution in [3.05, 3.63) is 46.3 Å². The van der Waals surface area contributed by atoms with Crippen molar-refractivity contribution in [3.63, 3.8) is 0 Å². The quantitative estimate of drug-likeness (QED) is 0.658. The first-order valence-corrected chi connectivity index (χ1v) is 6.32. The van der Waals surface area contributed by atoms with E-state index in [0.717, 1.165) is 30.8 Å². The zero-order valence-corrected chi connectivity index (χ0v) is 10.7. The minimum atomic E-state index is -0.519. The van der Waals surface area contributed by atoms with Gasteiger partial charge in [0, 0.05) is 17.9 Å². The summed E-state index contributed by atoms with van der Waals surface area (Å²) in [5.74, 6) is 0.347. The molecule has 7 nitrogen and oxygen atoms in total. The summed E-state index contributed by atoms with van der Waals surface area (Å²) in [7, 11) is 0. The standard InChI is InChI=1S/C13H13N5O2/c19-18(20)11-7-15-13(16-8-11)17-10-3-4-12-9(6-10)2-1-5-14-12/h3-4,6-8,14H,1-2,5H2,(H,15,16,17). The molecule has 0 amide bonds. The van der Waals surface area contributed by atoms with Crippen LogP contribution in [0.2, 0.25) is 0 Å². The average molecular weight is 271 g/mol. The van der Waals surface area contributed by atoms with Gasteiger partial charge in [0.1, 0.15) is 12.4 Å². The van der Waals surface area contributed by atoms with E-state index in [1.54, 1.807) is 0 Å². The van der Waals surface area contributed by atoms with Crippen molar-refractivity contribution in [1.82, 2.24) is 9.97 Å². The summed E-state index contributed by atoms with van der Waals surface area (Å²) in [6.07, 6.45) is 4.54. The predicted octanol–water partition coefficient (Wildman–Crippen LogP) is 2.49. The summed E-state index contributed by atoms with van der Waals surface area (Å²) in [6, 6.07) is 6.00. The molecule has 7 heteroatoms. The smallest absolute Gasteiger partial charge is 0.305 e. The Labute approximate surface area is 115 Å². The van der Waals surface area contributed by atoms with Gasteiger partial charge in [0.15, 0.2) is 0 Å². The topological polar surface area (TPSA) is 93.0 Å². The molecule has 0 saturated heterocycles. The maximum Gasteiger partial charge on any atom is 0.305 e. The van der Waals surface area contributed by atoms with Gasteiger partial charge in [0.2, 0.25) is 5.95 Å². The van der Waals surface area contributed by atoms with Crippen LogP contribution in [-0.2, 0) is 6.42 Å². The highest BCUT2D eigenvalue weighted by molar-refractivity contribution is 5.63. The third-order valence-electron chi connectivity index (χ3n) is 3.15. The lowest BCUT2D eigenvalue weighted by atomic mass is 10.0. The molecule has 0 fully saturated rings. The largest absolute Gasteiger partial charge is 0.385 e. The number of aromatic nitrogens is 2. The molecule has 1 aliphatic rings. The van der Waals surface area contributed by atoms with Crippen LogP contribution >= 0.6 is 0 Å². The Morgan fingerprint density at radius 2 is 2.10 bits per heavy atom. The highest BCUT2D eigenvalue weighted by Crippen LogP contribution is 2.26. The number of nitrogens with one attached hydrogen (secondary N) is 2. The number of nitro groups is 1. The van der Waals surface area contributed by atoms with Gasteiger partial charge in [-0.05, 0) is 36.6 Å². The summed E-state index contributed by atoms with van der Waals surface area (Å²) >= 11 is 0. The third kappa shape index (κ3) is 2.51. The molecule has 0 radical (unpaired) electrons. The first-order valence-electron chi connectivity index (χ1n) is 6.32. The second-order valence-electron chi connectivity index (χ2n) is 4.55. The van der Waals surface area contributed by atoms with Crippen LogP contribution < -0.4 is 10.6 Å². The molecule has 0 atom stereocenters. The van der Waals surface area contributed by atoms with Crippen LogP contribution in [0, 0.1) is 10.1 Å². The van der Waals surface area contributed by atoms with Gasteiger partial charge >= 0.3 is 5.69 Å². The molecular formula is C13H13N5O2. The lowest BCUT2D eigenvalue weighted by Crippen LogP contribution is -2.11. The molecule has 2 N–H and O–H groups in total. The van der Waals surface area contributed by atoms with Gasteiger partial charge in [0.25, 0.3) is 0 Å². The van der Waals surface area contributed by atoms with Gasteiger partial charge in [-0.2, -0.15) is 0 Å². The molecule has 2 heterocycles. The van der Waals surface area contributed by atoms with Crippen molar-refractivity contribution >= 4 is 23.0 Å². The number of nitrogens with zero attached hydrogens (tertiary/aromatic N) is 3. The number of hydrogen-bond acceptors (Lipinski definition) is 6. The Bertz CT molecular complexity index is 642. The van der Waals surface area contributed by atoms with Gasteiger partial charge in [-0.15, -0.1) is 0 Å². The minimum Gasteiger partial charge on any atom is -0.385 e. The van der Waals surface area contributed by atoms with Crippen molar-refractivity contribution < 1.29 is 4.92 Å². The van der Waals surface area contributed by atoms with Crippen LogP contribution in [0.25, 0.3) is 0 Å². The van der Waals surface area contributed by atoms with E-state index in [-0.39, 0.29) is 5.69 Å². The Morgan fingerprint density at radius 3 is 2.85 bits per heavy atom. The second-order valence-corrected chi connectivity index (χ2v) is 4.55. The molecule has 2 aromatic rings. The summed E-state index contributed by atoms with van der Waals surface area (Å²) in [5.41, 5.74) is 3.17. The number of anilines is 3. The Morgan fingerprint density at radius 1 is 1.30 bits per heavy atom. The fourth-order valence-electron chi connectivity index (χ4n) is 2.16. The molecule has 0 saturated carbocycles. The highest BCUT2D eigenvalue weighted by Gasteiger charge is 2.10. The van der Waals surface area contributed by atoms with Gasteiger partial charge in [-0.3, -0.25) is 10.1 Å². The van der Waals surface area contributed by atoms with E-state index < -0.39 is 4.92 Å². The molecule has 1 aromatic heterocycles. The first kappa shape index (κ1) is 12.3. The number of hydrogen-bond donors (Lipinski definition) is 2. The van der Waals surface area contributed by atoms with Crippen LogP contribution in [0.1, 0.15) is 12.0 Å². The molecule has 0 unspecified atom stereocenters. The summed E-state index contributed by atoms with van der Waals surface area (Å²) in [5, 5.41) is 16.9. The molecule has 0 spiro atoms.